The van der Waals surface area contributed by atoms with E-state index in [1.54, 1.807) is 0 Å². The molecule has 0 bridgehead atoms. The van der Waals surface area contributed by atoms with Crippen LogP contribution in [0.2, 0.25) is 0 Å². The largest absolute Gasteiger partial charge is 0.756 e. The molecule has 3 heterocycles. The van der Waals surface area contributed by atoms with E-state index < -0.39 is 101 Å². The highest BCUT2D eigenvalue weighted by Gasteiger charge is 2.48. The van der Waals surface area contributed by atoms with Crippen LogP contribution in [0.25, 0.3) is 0 Å². The van der Waals surface area contributed by atoms with Gasteiger partial charge in [-0.2, -0.15) is 9.55 Å². The summed E-state index contributed by atoms with van der Waals surface area (Å²) in [7, 11) is -11.4. The second-order valence-corrected chi connectivity index (χ2v) is 12.7. The number of aliphatic hydroxyl groups excluding tert-OH is 4. The van der Waals surface area contributed by atoms with Crippen molar-refractivity contribution in [1.82, 2.24) is 15.7 Å². The lowest BCUT2D eigenvalue weighted by molar-refractivity contribution is -0.728. The van der Waals surface area contributed by atoms with Crippen molar-refractivity contribution in [3.05, 3.63) is 52.6 Å². The van der Waals surface area contributed by atoms with E-state index in [4.69, 9.17) is 16.2 Å². The zero-order chi connectivity index (χ0) is 31.9. The van der Waals surface area contributed by atoms with Crippen molar-refractivity contribution in [3.63, 3.8) is 0 Å². The minimum absolute atomic E-state index is 0. The predicted octanol–water partition coefficient (Wildman–Crippen LogP) is -3.68. The molecule has 1 amide bonds. The van der Waals surface area contributed by atoms with Crippen LogP contribution in [-0.2, 0) is 27.2 Å². The van der Waals surface area contributed by atoms with Gasteiger partial charge in [-0.05, 0) is 6.07 Å². The standard InChI is InChI=1S/C21H28FN5O14P2.H3N/c22-11-6-27(21(33)25-18(11)23)20-17(31)16(30)13(40-20)8-39-43(36,37)41-42(34,35)38-7-10-4-12(15(29)14(10)28)26-3-1-2-9(5-26)19(24)32;/h1-3,5-6,10,12-17,20,28-31H,4,7-8H2,(H5-,23,24,25,32,33,34,35,36,37);1H3/t10-,12-,13+,14-,15+,16+,17+,20+;/m1./s1. The smallest absolute Gasteiger partial charge is 0.351 e. The van der Waals surface area contributed by atoms with Crippen LogP contribution in [0.15, 0.2) is 35.5 Å². The van der Waals surface area contributed by atoms with E-state index in [-0.39, 0.29) is 18.1 Å². The molecule has 1 saturated carbocycles. The number of hydrogen-bond donors (Lipinski definition) is 7. The highest BCUT2D eigenvalue weighted by Crippen LogP contribution is 2.56. The Hall–Kier alpha value is -2.75. The number of nitrogen functional groups attached to an aromatic ring is 1. The Kier molecular flexibility index (Phi) is 11.1. The van der Waals surface area contributed by atoms with Gasteiger partial charge in [0.15, 0.2) is 36.3 Å². The Balaban J connectivity index is 0.00000529. The second kappa shape index (κ2) is 13.7. The number of amides is 1. The van der Waals surface area contributed by atoms with Gasteiger partial charge in [-0.3, -0.25) is 18.5 Å². The van der Waals surface area contributed by atoms with Gasteiger partial charge in [0.1, 0.15) is 30.0 Å². The lowest BCUT2D eigenvalue weighted by Crippen LogP contribution is -2.45. The average Bonchev–Trinajstić information content (AvgIpc) is 3.37. The van der Waals surface area contributed by atoms with Gasteiger partial charge in [-0.1, -0.05) is 0 Å². The number of nitrogens with zero attached hydrogens (tertiary/aromatic N) is 3. The van der Waals surface area contributed by atoms with Gasteiger partial charge in [0.25, 0.3) is 21.6 Å². The lowest BCUT2D eigenvalue weighted by Gasteiger charge is -2.32. The van der Waals surface area contributed by atoms with E-state index in [1.807, 2.05) is 0 Å². The van der Waals surface area contributed by atoms with E-state index in [2.05, 4.69) is 18.3 Å². The first kappa shape index (κ1) is 35.7. The SMILES string of the molecule is NC(=O)c1ccc[n+]([C@@H]2C[C@H](COP(=O)([O-])OP(=O)([O-])OC[C@@H]3O[C@H](n4cc(F)c(N)nc4=O)[C@@H](O)[C@H]3O)[C@@H](O)[C@H]2O)c1.[NH4+]. The number of aliphatic hydroxyl groups is 4. The molecule has 0 aromatic carbocycles. The Labute approximate surface area is 247 Å². The van der Waals surface area contributed by atoms with Crippen LogP contribution in [-0.4, -0.2) is 79.6 Å². The van der Waals surface area contributed by atoms with Crippen molar-refractivity contribution in [2.45, 2.75) is 49.2 Å². The van der Waals surface area contributed by atoms with Gasteiger partial charge < -0.3 is 61.6 Å². The number of rotatable bonds is 11. The summed E-state index contributed by atoms with van der Waals surface area (Å²) in [5.41, 5.74) is 9.38. The maximum atomic E-state index is 13.8. The minimum Gasteiger partial charge on any atom is -0.756 e. The number of carbonyl (C=O) groups excluding carboxylic acids is 1. The number of phosphoric acid groups is 2. The predicted molar refractivity (Wildman–Crippen MR) is 137 cm³/mol. The van der Waals surface area contributed by atoms with Crippen molar-refractivity contribution in [2.75, 3.05) is 18.9 Å². The molecule has 20 nitrogen and oxygen atoms in total. The summed E-state index contributed by atoms with van der Waals surface area (Å²) in [6.07, 6.45) is -6.84. The fraction of sp³-hybridized carbons (Fsp3) is 0.524. The Morgan fingerprint density at radius 1 is 1.14 bits per heavy atom. The summed E-state index contributed by atoms with van der Waals surface area (Å²) in [4.78, 5) is 51.0. The van der Waals surface area contributed by atoms with Gasteiger partial charge in [0.05, 0.1) is 25.5 Å². The third kappa shape index (κ3) is 7.90. The third-order valence-corrected chi connectivity index (χ3v) is 9.38. The molecule has 4 rings (SSSR count). The maximum Gasteiger partial charge on any atom is 0.351 e. The van der Waals surface area contributed by atoms with E-state index >= 15 is 0 Å². The molecule has 12 N–H and O–H groups in total. The van der Waals surface area contributed by atoms with Crippen LogP contribution in [0.1, 0.15) is 29.0 Å². The van der Waals surface area contributed by atoms with Crippen molar-refractivity contribution in [2.24, 2.45) is 11.7 Å². The second-order valence-electron chi connectivity index (χ2n) is 9.73. The number of quaternary nitrogens is 1. The minimum atomic E-state index is -5.73. The summed E-state index contributed by atoms with van der Waals surface area (Å²) >= 11 is 0. The van der Waals surface area contributed by atoms with Gasteiger partial charge in [0.2, 0.25) is 0 Å². The average molecular weight is 672 g/mol. The summed E-state index contributed by atoms with van der Waals surface area (Å²) < 4.78 is 58.3. The van der Waals surface area contributed by atoms with Gasteiger partial charge >= 0.3 is 5.69 Å². The Morgan fingerprint density at radius 2 is 1.77 bits per heavy atom. The topological polar surface area (TPSA) is 342 Å². The van der Waals surface area contributed by atoms with Crippen LogP contribution in [0.4, 0.5) is 10.2 Å². The van der Waals surface area contributed by atoms with Crippen LogP contribution >= 0.6 is 15.6 Å². The lowest BCUT2D eigenvalue weighted by atomic mass is 10.1. The number of halogens is 1. The van der Waals surface area contributed by atoms with E-state index in [0.29, 0.717) is 10.8 Å². The van der Waals surface area contributed by atoms with E-state index in [1.165, 1.54) is 29.1 Å². The molecule has 23 heteroatoms. The molecule has 2 unspecified atom stereocenters. The number of carbonyl (C=O) groups is 1. The first-order valence-corrected chi connectivity index (χ1v) is 15.3. The van der Waals surface area contributed by atoms with Crippen LogP contribution in [0, 0.1) is 11.7 Å². The number of ether oxygens (including phenoxy) is 1. The molecule has 1 saturated heterocycles. The fourth-order valence-corrected chi connectivity index (χ4v) is 6.72. The Bertz CT molecular complexity index is 1520. The maximum absolute atomic E-state index is 13.8. The van der Waals surface area contributed by atoms with E-state index in [0.717, 1.165) is 0 Å². The van der Waals surface area contributed by atoms with Gasteiger partial charge in [0, 0.05) is 18.4 Å². The number of primary amides is 1. The van der Waals surface area contributed by atoms with E-state index in [9.17, 15) is 53.3 Å². The molecule has 2 fully saturated rings. The molecule has 2 aromatic heterocycles. The summed E-state index contributed by atoms with van der Waals surface area (Å²) in [6, 6.07) is 2.07. The quantitative estimate of drug-likeness (QED) is 0.0892. The number of anilines is 1. The zero-order valence-electron chi connectivity index (χ0n) is 22.8. The number of nitrogens with two attached hydrogens (primary N) is 2. The first-order chi connectivity index (χ1) is 20.0. The summed E-state index contributed by atoms with van der Waals surface area (Å²) in [5.74, 6) is -3.67. The zero-order valence-corrected chi connectivity index (χ0v) is 24.6. The van der Waals surface area contributed by atoms with Crippen LogP contribution in [0.3, 0.4) is 0 Å². The number of aromatic nitrogens is 3. The molecule has 246 valence electrons. The fourth-order valence-electron chi connectivity index (χ4n) is 4.66. The normalized spacial score (nSPS) is 31.2. The van der Waals surface area contributed by atoms with Crippen LogP contribution in [0.5, 0.6) is 0 Å². The summed E-state index contributed by atoms with van der Waals surface area (Å²) in [6.45, 7) is -1.93. The van der Waals surface area contributed by atoms with Crippen molar-refractivity contribution >= 4 is 27.4 Å². The highest BCUT2D eigenvalue weighted by atomic mass is 31.3. The number of phosphoric ester groups is 2. The first-order valence-electron chi connectivity index (χ1n) is 12.3. The molecule has 1 aliphatic heterocycles. The van der Waals surface area contributed by atoms with Gasteiger partial charge in [-0.15, -0.1) is 0 Å². The molecular weight excluding hydrogens is 641 g/mol. The summed E-state index contributed by atoms with van der Waals surface area (Å²) in [5, 5.41) is 41.2. The molecule has 0 radical (unpaired) electrons. The molecule has 2 aromatic rings. The molecule has 0 spiro atoms. The van der Waals surface area contributed by atoms with Crippen molar-refractivity contribution in [3.8, 4) is 0 Å². The molecule has 10 atom stereocenters. The molecular formula is C21H31FN6O14P2. The van der Waals surface area contributed by atoms with Crippen LogP contribution < -0.4 is 37.7 Å². The molecule has 44 heavy (non-hydrogen) atoms. The van der Waals surface area contributed by atoms with Crippen molar-refractivity contribution in [1.29, 1.82) is 0 Å². The molecule has 1 aliphatic carbocycles. The molecule has 2 aliphatic rings. The van der Waals surface area contributed by atoms with Gasteiger partial charge in [-0.25, -0.2) is 13.5 Å². The monoisotopic (exact) mass is 672 g/mol. The Morgan fingerprint density at radius 3 is 2.41 bits per heavy atom. The van der Waals surface area contributed by atoms with Crippen molar-refractivity contribution < 1.29 is 71.2 Å². The number of hydrogen-bond acceptors (Lipinski definition) is 16. The third-order valence-electron chi connectivity index (χ3n) is 6.85. The highest BCUT2D eigenvalue weighted by molar-refractivity contribution is 7.59. The number of pyridine rings is 1.